The number of nitrogens with zero attached hydrogens (tertiary/aromatic N) is 1. The Kier molecular flexibility index (Phi) is 3.86. The quantitative estimate of drug-likeness (QED) is 0.793. The molecular formula is C12H19N3S. The number of anilines is 1. The second-order valence-electron chi connectivity index (χ2n) is 5.13. The van der Waals surface area contributed by atoms with Crippen molar-refractivity contribution < 1.29 is 0 Å². The molecule has 0 spiro atoms. The zero-order chi connectivity index (χ0) is 12.3. The highest BCUT2D eigenvalue weighted by atomic mass is 32.1. The zero-order valence-electron chi connectivity index (χ0n) is 10.3. The lowest BCUT2D eigenvalue weighted by molar-refractivity contribution is 0.442. The predicted molar refractivity (Wildman–Crippen MR) is 72.8 cm³/mol. The summed E-state index contributed by atoms with van der Waals surface area (Å²) in [5.74, 6) is 0.780. The lowest BCUT2D eigenvalue weighted by atomic mass is 9.97. The predicted octanol–water partition coefficient (Wildman–Crippen LogP) is 2.48. The normalized spacial score (nSPS) is 11.2. The molecule has 88 valence electrons. The van der Waals surface area contributed by atoms with E-state index in [9.17, 15) is 0 Å². The molecule has 0 amide bonds. The Morgan fingerprint density at radius 1 is 1.50 bits per heavy atom. The van der Waals surface area contributed by atoms with E-state index in [1.807, 2.05) is 13.0 Å². The van der Waals surface area contributed by atoms with Crippen molar-refractivity contribution in [3.8, 4) is 0 Å². The van der Waals surface area contributed by atoms with Gasteiger partial charge in [-0.05, 0) is 24.0 Å². The first-order chi connectivity index (χ1) is 7.31. The molecule has 0 aliphatic carbocycles. The lowest BCUT2D eigenvalue weighted by Gasteiger charge is -2.20. The standard InChI is InChI=1S/C12H19N3S/c1-8-5-6-14-11(9(8)10(13)16)15-7-12(2,3)4/h5-6H,7H2,1-4H3,(H2,13,16)(H,14,15). The van der Waals surface area contributed by atoms with Gasteiger partial charge in [0.05, 0.1) is 5.56 Å². The van der Waals surface area contributed by atoms with Crippen molar-refractivity contribution in [3.05, 3.63) is 23.4 Å². The van der Waals surface area contributed by atoms with Crippen LogP contribution in [-0.4, -0.2) is 16.5 Å². The van der Waals surface area contributed by atoms with Crippen molar-refractivity contribution in [2.75, 3.05) is 11.9 Å². The maximum Gasteiger partial charge on any atom is 0.136 e. The molecule has 0 radical (unpaired) electrons. The van der Waals surface area contributed by atoms with E-state index < -0.39 is 0 Å². The van der Waals surface area contributed by atoms with Gasteiger partial charge in [-0.2, -0.15) is 0 Å². The number of pyridine rings is 1. The zero-order valence-corrected chi connectivity index (χ0v) is 11.1. The van der Waals surface area contributed by atoms with Crippen LogP contribution in [-0.2, 0) is 0 Å². The van der Waals surface area contributed by atoms with Crippen LogP contribution in [0.25, 0.3) is 0 Å². The van der Waals surface area contributed by atoms with Gasteiger partial charge in [-0.1, -0.05) is 33.0 Å². The SMILES string of the molecule is Cc1ccnc(NCC(C)(C)C)c1C(N)=S. The van der Waals surface area contributed by atoms with Gasteiger partial charge in [-0.25, -0.2) is 4.98 Å². The Morgan fingerprint density at radius 3 is 2.62 bits per heavy atom. The van der Waals surface area contributed by atoms with E-state index >= 15 is 0 Å². The number of aromatic nitrogens is 1. The fraction of sp³-hybridized carbons (Fsp3) is 0.500. The third kappa shape index (κ3) is 3.45. The van der Waals surface area contributed by atoms with Crippen LogP contribution in [0.15, 0.2) is 12.3 Å². The van der Waals surface area contributed by atoms with E-state index in [0.29, 0.717) is 4.99 Å². The summed E-state index contributed by atoms with van der Waals surface area (Å²) in [5.41, 5.74) is 7.80. The molecule has 4 heteroatoms. The van der Waals surface area contributed by atoms with Crippen LogP contribution in [0.3, 0.4) is 0 Å². The van der Waals surface area contributed by atoms with Crippen molar-refractivity contribution in [2.24, 2.45) is 11.1 Å². The number of aryl methyl sites for hydroxylation is 1. The van der Waals surface area contributed by atoms with Crippen molar-refractivity contribution in [3.63, 3.8) is 0 Å². The minimum absolute atomic E-state index is 0.193. The van der Waals surface area contributed by atoms with Gasteiger partial charge in [-0.15, -0.1) is 0 Å². The second-order valence-corrected chi connectivity index (χ2v) is 5.57. The summed E-state index contributed by atoms with van der Waals surface area (Å²) in [6, 6.07) is 1.91. The summed E-state index contributed by atoms with van der Waals surface area (Å²) >= 11 is 5.04. The fourth-order valence-electron chi connectivity index (χ4n) is 1.35. The third-order valence-corrected chi connectivity index (χ3v) is 2.40. The van der Waals surface area contributed by atoms with E-state index in [1.54, 1.807) is 6.20 Å². The average molecular weight is 237 g/mol. The summed E-state index contributed by atoms with van der Waals surface area (Å²) in [6.45, 7) is 9.31. The van der Waals surface area contributed by atoms with Crippen LogP contribution in [0.2, 0.25) is 0 Å². The van der Waals surface area contributed by atoms with Gasteiger partial charge in [-0.3, -0.25) is 0 Å². The molecule has 0 aliphatic rings. The largest absolute Gasteiger partial charge is 0.389 e. The number of thiocarbonyl (C=S) groups is 1. The Hall–Kier alpha value is -1.16. The van der Waals surface area contributed by atoms with Crippen LogP contribution >= 0.6 is 12.2 Å². The number of rotatable bonds is 3. The van der Waals surface area contributed by atoms with Gasteiger partial charge in [0.2, 0.25) is 0 Å². The highest BCUT2D eigenvalue weighted by Gasteiger charge is 2.13. The highest BCUT2D eigenvalue weighted by Crippen LogP contribution is 2.19. The van der Waals surface area contributed by atoms with Crippen molar-refractivity contribution in [1.29, 1.82) is 0 Å². The maximum atomic E-state index is 5.71. The summed E-state index contributed by atoms with van der Waals surface area (Å²) in [7, 11) is 0. The summed E-state index contributed by atoms with van der Waals surface area (Å²) in [4.78, 5) is 4.68. The molecule has 0 bridgehead atoms. The smallest absolute Gasteiger partial charge is 0.136 e. The lowest BCUT2D eigenvalue weighted by Crippen LogP contribution is -2.22. The molecule has 0 unspecified atom stereocenters. The topological polar surface area (TPSA) is 50.9 Å². The molecule has 3 N–H and O–H groups in total. The van der Waals surface area contributed by atoms with E-state index in [0.717, 1.165) is 23.5 Å². The minimum Gasteiger partial charge on any atom is -0.389 e. The van der Waals surface area contributed by atoms with Crippen LogP contribution in [0, 0.1) is 12.3 Å². The summed E-state index contributed by atoms with van der Waals surface area (Å²) < 4.78 is 0. The molecule has 1 aromatic heterocycles. The van der Waals surface area contributed by atoms with Gasteiger partial charge in [0.25, 0.3) is 0 Å². The second kappa shape index (κ2) is 4.78. The van der Waals surface area contributed by atoms with E-state index in [1.165, 1.54) is 0 Å². The van der Waals surface area contributed by atoms with E-state index in [-0.39, 0.29) is 5.41 Å². The van der Waals surface area contributed by atoms with E-state index in [4.69, 9.17) is 18.0 Å². The molecule has 1 heterocycles. The first kappa shape index (κ1) is 12.9. The molecule has 1 rings (SSSR count). The van der Waals surface area contributed by atoms with Crippen LogP contribution < -0.4 is 11.1 Å². The monoisotopic (exact) mass is 237 g/mol. The van der Waals surface area contributed by atoms with Crippen molar-refractivity contribution in [1.82, 2.24) is 4.98 Å². The molecule has 0 aliphatic heterocycles. The molecule has 0 saturated heterocycles. The molecule has 0 aromatic carbocycles. The maximum absolute atomic E-state index is 5.71. The first-order valence-corrected chi connectivity index (χ1v) is 5.71. The number of nitrogens with two attached hydrogens (primary N) is 1. The number of hydrogen-bond donors (Lipinski definition) is 2. The minimum atomic E-state index is 0.193. The number of nitrogens with one attached hydrogen (secondary N) is 1. The van der Waals surface area contributed by atoms with Crippen molar-refractivity contribution >= 4 is 23.0 Å². The third-order valence-electron chi connectivity index (χ3n) is 2.19. The first-order valence-electron chi connectivity index (χ1n) is 5.30. The van der Waals surface area contributed by atoms with Crippen molar-refractivity contribution in [2.45, 2.75) is 27.7 Å². The Bertz CT molecular complexity index is 394. The van der Waals surface area contributed by atoms with Gasteiger partial charge < -0.3 is 11.1 Å². The van der Waals surface area contributed by atoms with Gasteiger partial charge in [0.1, 0.15) is 10.8 Å². The van der Waals surface area contributed by atoms with E-state index in [2.05, 4.69) is 31.1 Å². The Balaban J connectivity index is 2.96. The molecule has 0 atom stereocenters. The van der Waals surface area contributed by atoms with Crippen LogP contribution in [0.1, 0.15) is 31.9 Å². The van der Waals surface area contributed by atoms with Gasteiger partial charge in [0, 0.05) is 12.7 Å². The molecule has 0 fully saturated rings. The highest BCUT2D eigenvalue weighted by molar-refractivity contribution is 7.80. The fourth-order valence-corrected chi connectivity index (χ4v) is 1.61. The molecule has 3 nitrogen and oxygen atoms in total. The molecule has 0 saturated carbocycles. The van der Waals surface area contributed by atoms with Crippen LogP contribution in [0.5, 0.6) is 0 Å². The Labute approximate surface area is 102 Å². The molecule has 1 aromatic rings. The molecular weight excluding hydrogens is 218 g/mol. The van der Waals surface area contributed by atoms with Gasteiger partial charge >= 0.3 is 0 Å². The number of hydrogen-bond acceptors (Lipinski definition) is 3. The summed E-state index contributed by atoms with van der Waals surface area (Å²) in [5, 5.41) is 3.30. The Morgan fingerprint density at radius 2 is 2.12 bits per heavy atom. The van der Waals surface area contributed by atoms with Crippen LogP contribution in [0.4, 0.5) is 5.82 Å². The molecule has 16 heavy (non-hydrogen) atoms. The average Bonchev–Trinajstić information content (AvgIpc) is 2.12. The van der Waals surface area contributed by atoms with Gasteiger partial charge in [0.15, 0.2) is 0 Å². The summed E-state index contributed by atoms with van der Waals surface area (Å²) in [6.07, 6.45) is 1.77.